The fourth-order valence-corrected chi connectivity index (χ4v) is 5.74. The van der Waals surface area contributed by atoms with Gasteiger partial charge >= 0.3 is 0 Å². The molecule has 1 fully saturated rings. The molecule has 3 N–H and O–H groups in total. The molecule has 0 amide bonds. The molecule has 3 aliphatic rings. The van der Waals surface area contributed by atoms with Gasteiger partial charge < -0.3 is 24.8 Å². The smallest absolute Gasteiger partial charge is 0.174 e. The Morgan fingerprint density at radius 2 is 1.68 bits per heavy atom. The fourth-order valence-electron chi connectivity index (χ4n) is 5.74. The minimum atomic E-state index is -0.904. The average Bonchev–Trinajstić information content (AvgIpc) is 2.63. The number of ketones is 1. The molecule has 7 atom stereocenters. The van der Waals surface area contributed by atoms with Gasteiger partial charge in [0.25, 0.3) is 0 Å². The molecule has 3 aliphatic carbocycles. The molecule has 158 valence electrons. The zero-order valence-electron chi connectivity index (χ0n) is 17.7. The van der Waals surface area contributed by atoms with Gasteiger partial charge in [-0.25, -0.2) is 0 Å². The van der Waals surface area contributed by atoms with Crippen LogP contribution in [-0.2, 0) is 14.3 Å². The van der Waals surface area contributed by atoms with Crippen LogP contribution < -0.4 is 0 Å². The largest absolute Gasteiger partial charge is 0.389 e. The van der Waals surface area contributed by atoms with Crippen LogP contribution in [-0.4, -0.2) is 65.8 Å². The molecule has 0 heterocycles. The van der Waals surface area contributed by atoms with E-state index in [4.69, 9.17) is 9.47 Å². The Labute approximate surface area is 167 Å². The van der Waals surface area contributed by atoms with Gasteiger partial charge in [0.05, 0.1) is 29.8 Å². The third-order valence-corrected chi connectivity index (χ3v) is 7.55. The van der Waals surface area contributed by atoms with Gasteiger partial charge in [-0.3, -0.25) is 4.79 Å². The summed E-state index contributed by atoms with van der Waals surface area (Å²) in [7, 11) is 3.06. The lowest BCUT2D eigenvalue weighted by Crippen LogP contribution is -2.56. The van der Waals surface area contributed by atoms with Gasteiger partial charge in [-0.2, -0.15) is 0 Å². The van der Waals surface area contributed by atoms with Gasteiger partial charge in [-0.05, 0) is 48.8 Å². The first-order valence-corrected chi connectivity index (χ1v) is 10.0. The molecule has 0 aliphatic heterocycles. The Morgan fingerprint density at radius 3 is 2.25 bits per heavy atom. The predicted molar refractivity (Wildman–Crippen MR) is 105 cm³/mol. The van der Waals surface area contributed by atoms with Gasteiger partial charge in [0.15, 0.2) is 5.78 Å². The number of aliphatic hydroxyl groups is 3. The molecule has 0 saturated heterocycles. The third-order valence-electron chi connectivity index (χ3n) is 7.55. The van der Waals surface area contributed by atoms with Crippen LogP contribution in [0.3, 0.4) is 0 Å². The monoisotopic (exact) mass is 394 g/mol. The maximum atomic E-state index is 13.8. The predicted octanol–water partition coefficient (Wildman–Crippen LogP) is 1.77. The second kappa shape index (κ2) is 7.33. The number of hydrogen-bond acceptors (Lipinski definition) is 6. The van der Waals surface area contributed by atoms with Crippen molar-refractivity contribution >= 4 is 5.78 Å². The van der Waals surface area contributed by atoms with Crippen LogP contribution >= 0.6 is 0 Å². The summed E-state index contributed by atoms with van der Waals surface area (Å²) in [6.07, 6.45) is -0.958. The molecule has 6 heteroatoms. The zero-order chi connectivity index (χ0) is 21.0. The molecule has 0 radical (unpaired) electrons. The van der Waals surface area contributed by atoms with Gasteiger partial charge in [0.1, 0.15) is 6.10 Å². The summed E-state index contributed by atoms with van der Waals surface area (Å²) in [5, 5.41) is 32.4. The molecular weight excluding hydrogens is 360 g/mol. The van der Waals surface area contributed by atoms with Crippen molar-refractivity contribution in [2.45, 2.75) is 77.5 Å². The number of carbonyl (C=O) groups excluding carboxylic acids is 1. The van der Waals surface area contributed by atoms with E-state index in [1.54, 1.807) is 13.2 Å². The van der Waals surface area contributed by atoms with Crippen LogP contribution in [0.4, 0.5) is 0 Å². The van der Waals surface area contributed by atoms with Crippen LogP contribution in [0.25, 0.3) is 0 Å². The normalized spacial score (nSPS) is 45.5. The summed E-state index contributed by atoms with van der Waals surface area (Å²) in [4.78, 5) is 13.8. The number of carbonyl (C=O) groups is 1. The second-order valence-corrected chi connectivity index (χ2v) is 9.46. The van der Waals surface area contributed by atoms with E-state index in [-0.39, 0.29) is 11.7 Å². The number of Topliss-reactive ketones (excluding diaryl/α,β-unsaturated/α-hetero) is 1. The molecular formula is C22H34O6. The third kappa shape index (κ3) is 3.10. The van der Waals surface area contributed by atoms with Crippen molar-refractivity contribution in [3.05, 3.63) is 22.8 Å². The van der Waals surface area contributed by atoms with Crippen molar-refractivity contribution < 1.29 is 29.6 Å². The summed E-state index contributed by atoms with van der Waals surface area (Å²) in [6, 6.07) is 0. The van der Waals surface area contributed by atoms with Gasteiger partial charge in [0, 0.05) is 26.6 Å². The molecule has 0 spiro atoms. The molecule has 4 bridgehead atoms. The zero-order valence-corrected chi connectivity index (χ0v) is 17.7. The quantitative estimate of drug-likeness (QED) is 0.618. The lowest BCUT2D eigenvalue weighted by Gasteiger charge is -2.51. The van der Waals surface area contributed by atoms with E-state index >= 15 is 0 Å². The first-order chi connectivity index (χ1) is 13.0. The summed E-state index contributed by atoms with van der Waals surface area (Å²) in [5.41, 5.74) is 0.685. The minimum absolute atomic E-state index is 0.105. The molecule has 1 saturated carbocycles. The maximum absolute atomic E-state index is 13.8. The van der Waals surface area contributed by atoms with Crippen molar-refractivity contribution in [1.82, 2.24) is 0 Å². The Kier molecular flexibility index (Phi) is 5.67. The Balaban J connectivity index is 2.27. The van der Waals surface area contributed by atoms with Crippen molar-refractivity contribution in [2.24, 2.45) is 16.7 Å². The highest BCUT2D eigenvalue weighted by Crippen LogP contribution is 2.52. The number of hydrogen-bond donors (Lipinski definition) is 3. The molecule has 0 aromatic heterocycles. The number of ether oxygens (including phenoxy) is 2. The molecule has 3 rings (SSSR count). The topological polar surface area (TPSA) is 96.2 Å². The van der Waals surface area contributed by atoms with E-state index < -0.39 is 41.3 Å². The van der Waals surface area contributed by atoms with Crippen LogP contribution in [0.2, 0.25) is 0 Å². The van der Waals surface area contributed by atoms with E-state index in [0.29, 0.717) is 24.8 Å². The molecule has 0 aromatic carbocycles. The van der Waals surface area contributed by atoms with Gasteiger partial charge in [-0.15, -0.1) is 0 Å². The van der Waals surface area contributed by atoms with E-state index in [0.717, 1.165) is 11.1 Å². The van der Waals surface area contributed by atoms with Gasteiger partial charge in [-0.1, -0.05) is 19.9 Å². The highest BCUT2D eigenvalue weighted by Gasteiger charge is 2.55. The molecule has 28 heavy (non-hydrogen) atoms. The maximum Gasteiger partial charge on any atom is 0.174 e. The minimum Gasteiger partial charge on any atom is -0.389 e. The van der Waals surface area contributed by atoms with Crippen LogP contribution in [0.15, 0.2) is 22.8 Å². The van der Waals surface area contributed by atoms with E-state index in [1.807, 2.05) is 27.7 Å². The van der Waals surface area contributed by atoms with E-state index in [9.17, 15) is 20.1 Å². The Hall–Kier alpha value is -1.05. The van der Waals surface area contributed by atoms with Gasteiger partial charge in [0.2, 0.25) is 0 Å². The number of rotatable bonds is 2. The first-order valence-electron chi connectivity index (χ1n) is 10.0. The lowest BCUT2D eigenvalue weighted by atomic mass is 9.57. The molecule has 0 unspecified atom stereocenters. The van der Waals surface area contributed by atoms with Crippen molar-refractivity contribution in [3.8, 4) is 0 Å². The highest BCUT2D eigenvalue weighted by atomic mass is 16.5. The van der Waals surface area contributed by atoms with E-state index in [2.05, 4.69) is 0 Å². The standard InChI is InChI=1S/C22H34O6/c1-11-14(23)8-13-16(25)7-12-10-22(4,17(27-5)9-15(12)24)20(26)19(28-6)18(11)21(13,2)3/h7,13-17,19,23-25H,8-10H2,1-6H3/b12-7+/t13-,14-,15-,16-,17-,19+,22-/m0/s1. The SMILES string of the molecule is CO[C@H]1C(=O)[C@@]2(C)C/C(=C\[C@H](O)[C@@H]3C[C@H](O)C(C)=C1C3(C)C)[C@@H](O)C[C@@H]2OC. The summed E-state index contributed by atoms with van der Waals surface area (Å²) in [5.74, 6) is -0.401. The van der Waals surface area contributed by atoms with Crippen molar-refractivity contribution in [1.29, 1.82) is 0 Å². The summed E-state index contributed by atoms with van der Waals surface area (Å²) in [6.45, 7) is 7.68. The molecule has 0 aromatic rings. The number of methoxy groups -OCH3 is 2. The van der Waals surface area contributed by atoms with Crippen LogP contribution in [0.5, 0.6) is 0 Å². The summed E-state index contributed by atoms with van der Waals surface area (Å²) >= 11 is 0. The first kappa shape index (κ1) is 21.7. The fraction of sp³-hybridized carbons (Fsp3) is 0.773. The van der Waals surface area contributed by atoms with Crippen molar-refractivity contribution in [3.63, 3.8) is 0 Å². The lowest BCUT2D eigenvalue weighted by molar-refractivity contribution is -0.150. The Morgan fingerprint density at radius 1 is 1.04 bits per heavy atom. The highest BCUT2D eigenvalue weighted by molar-refractivity contribution is 5.93. The van der Waals surface area contributed by atoms with E-state index in [1.165, 1.54) is 7.11 Å². The average molecular weight is 395 g/mol. The summed E-state index contributed by atoms with van der Waals surface area (Å²) < 4.78 is 11.4. The number of fused-ring (bicyclic) bond motifs is 4. The second-order valence-electron chi connectivity index (χ2n) is 9.46. The van der Waals surface area contributed by atoms with Crippen molar-refractivity contribution in [2.75, 3.05) is 14.2 Å². The molecule has 6 nitrogen and oxygen atoms in total. The number of aliphatic hydroxyl groups excluding tert-OH is 3. The van der Waals surface area contributed by atoms with Crippen LogP contribution in [0, 0.1) is 16.7 Å². The Bertz CT molecular complexity index is 708. The van der Waals surface area contributed by atoms with Crippen LogP contribution in [0.1, 0.15) is 47.0 Å².